The van der Waals surface area contributed by atoms with Crippen molar-refractivity contribution in [1.29, 1.82) is 0 Å². The molecule has 0 heterocycles. The van der Waals surface area contributed by atoms with Crippen LogP contribution in [-0.4, -0.2) is 29.7 Å². The smallest absolute Gasteiger partial charge is 0.0558 e. The lowest BCUT2D eigenvalue weighted by Gasteiger charge is -2.31. The molecule has 0 fully saturated rings. The number of hydrogen-bond donors (Lipinski definition) is 2. The summed E-state index contributed by atoms with van der Waals surface area (Å²) >= 11 is 6.08. The van der Waals surface area contributed by atoms with Crippen molar-refractivity contribution >= 4 is 11.6 Å². The van der Waals surface area contributed by atoms with E-state index in [1.807, 2.05) is 42.5 Å². The Kier molecular flexibility index (Phi) is 6.21. The zero-order valence-electron chi connectivity index (χ0n) is 12.0. The van der Waals surface area contributed by atoms with Crippen molar-refractivity contribution in [3.8, 4) is 0 Å². The van der Waals surface area contributed by atoms with Crippen LogP contribution in [0, 0.1) is 0 Å². The normalized spacial score (nSPS) is 12.6. The van der Waals surface area contributed by atoms with E-state index in [1.165, 1.54) is 5.56 Å². The van der Waals surface area contributed by atoms with Gasteiger partial charge in [0.05, 0.1) is 6.61 Å². The van der Waals surface area contributed by atoms with Crippen LogP contribution in [0.2, 0.25) is 5.02 Å². The van der Waals surface area contributed by atoms with Crippen LogP contribution < -0.4 is 5.73 Å². The predicted molar refractivity (Wildman–Crippen MR) is 87.2 cm³/mol. The zero-order chi connectivity index (χ0) is 15.1. The average Bonchev–Trinajstić information content (AvgIpc) is 2.49. The van der Waals surface area contributed by atoms with Crippen LogP contribution in [0.5, 0.6) is 0 Å². The van der Waals surface area contributed by atoms with Gasteiger partial charge in [0.1, 0.15) is 0 Å². The van der Waals surface area contributed by atoms with E-state index >= 15 is 0 Å². The molecule has 2 rings (SSSR count). The van der Waals surface area contributed by atoms with Gasteiger partial charge in [-0.25, -0.2) is 0 Å². The second-order valence-electron chi connectivity index (χ2n) is 4.99. The fraction of sp³-hybridized carbons (Fsp3) is 0.294. The molecule has 3 nitrogen and oxygen atoms in total. The Morgan fingerprint density at radius 2 is 1.86 bits per heavy atom. The summed E-state index contributed by atoms with van der Waals surface area (Å²) in [6.45, 7) is 1.90. The first-order valence-electron chi connectivity index (χ1n) is 7.09. The summed E-state index contributed by atoms with van der Waals surface area (Å²) in [6, 6.07) is 18.0. The van der Waals surface area contributed by atoms with Crippen molar-refractivity contribution in [2.45, 2.75) is 12.6 Å². The number of nitrogens with two attached hydrogens (primary N) is 1. The number of rotatable bonds is 7. The molecule has 1 atom stereocenters. The summed E-state index contributed by atoms with van der Waals surface area (Å²) in [6.07, 6.45) is 0. The molecular formula is C17H21ClN2O. The number of nitrogens with zero attached hydrogens (tertiary/aromatic N) is 1. The summed E-state index contributed by atoms with van der Waals surface area (Å²) in [5.41, 5.74) is 8.25. The van der Waals surface area contributed by atoms with Crippen LogP contribution in [0.1, 0.15) is 17.2 Å². The van der Waals surface area contributed by atoms with Crippen molar-refractivity contribution in [2.24, 2.45) is 5.73 Å². The lowest BCUT2D eigenvalue weighted by Crippen LogP contribution is -2.35. The Bertz CT molecular complexity index is 547. The maximum Gasteiger partial charge on any atom is 0.0558 e. The van der Waals surface area contributed by atoms with Gasteiger partial charge in [-0.05, 0) is 23.3 Å². The third-order valence-electron chi connectivity index (χ3n) is 3.51. The van der Waals surface area contributed by atoms with Crippen molar-refractivity contribution in [2.75, 3.05) is 19.7 Å². The number of halogens is 1. The van der Waals surface area contributed by atoms with Crippen molar-refractivity contribution in [1.82, 2.24) is 4.90 Å². The molecule has 0 aromatic heterocycles. The number of benzene rings is 2. The minimum Gasteiger partial charge on any atom is -0.395 e. The summed E-state index contributed by atoms with van der Waals surface area (Å²) in [5.74, 6) is 0. The van der Waals surface area contributed by atoms with Gasteiger partial charge in [0.25, 0.3) is 0 Å². The first-order chi connectivity index (χ1) is 10.2. The summed E-state index contributed by atoms with van der Waals surface area (Å²) in [4.78, 5) is 2.18. The molecule has 3 N–H and O–H groups in total. The summed E-state index contributed by atoms with van der Waals surface area (Å²) < 4.78 is 0. The van der Waals surface area contributed by atoms with Gasteiger partial charge in [0, 0.05) is 30.7 Å². The fourth-order valence-corrected chi connectivity index (χ4v) is 2.70. The van der Waals surface area contributed by atoms with Crippen LogP contribution >= 0.6 is 11.6 Å². The van der Waals surface area contributed by atoms with E-state index in [4.69, 9.17) is 17.3 Å². The molecule has 0 spiro atoms. The number of aliphatic hydroxyl groups is 1. The second-order valence-corrected chi connectivity index (χ2v) is 5.42. The van der Waals surface area contributed by atoms with Gasteiger partial charge < -0.3 is 10.8 Å². The molecule has 0 aliphatic heterocycles. The van der Waals surface area contributed by atoms with Crippen LogP contribution in [0.3, 0.4) is 0 Å². The minimum absolute atomic E-state index is 0.0380. The van der Waals surface area contributed by atoms with E-state index in [2.05, 4.69) is 17.0 Å². The van der Waals surface area contributed by atoms with Gasteiger partial charge in [-0.3, -0.25) is 4.90 Å². The third-order valence-corrected chi connectivity index (χ3v) is 3.75. The number of hydrogen-bond acceptors (Lipinski definition) is 3. The molecule has 21 heavy (non-hydrogen) atoms. The Morgan fingerprint density at radius 3 is 2.48 bits per heavy atom. The molecule has 0 bridgehead atoms. The van der Waals surface area contributed by atoms with Crippen molar-refractivity contribution in [3.05, 3.63) is 70.7 Å². The topological polar surface area (TPSA) is 49.5 Å². The van der Waals surface area contributed by atoms with Crippen LogP contribution in [-0.2, 0) is 6.54 Å². The van der Waals surface area contributed by atoms with E-state index in [1.54, 1.807) is 0 Å². The van der Waals surface area contributed by atoms with Crippen molar-refractivity contribution < 1.29 is 5.11 Å². The van der Waals surface area contributed by atoms with E-state index in [9.17, 15) is 5.11 Å². The van der Waals surface area contributed by atoms with Gasteiger partial charge >= 0.3 is 0 Å². The lowest BCUT2D eigenvalue weighted by molar-refractivity contribution is 0.146. The molecule has 0 aliphatic rings. The molecule has 1 unspecified atom stereocenters. The quantitative estimate of drug-likeness (QED) is 0.827. The first kappa shape index (κ1) is 16.0. The van der Waals surface area contributed by atoms with Crippen LogP contribution in [0.15, 0.2) is 54.6 Å². The largest absolute Gasteiger partial charge is 0.395 e. The Hall–Kier alpha value is -1.39. The average molecular weight is 305 g/mol. The second kappa shape index (κ2) is 8.15. The monoisotopic (exact) mass is 304 g/mol. The van der Waals surface area contributed by atoms with Crippen LogP contribution in [0.25, 0.3) is 0 Å². The third kappa shape index (κ3) is 4.55. The van der Waals surface area contributed by atoms with Crippen molar-refractivity contribution in [3.63, 3.8) is 0 Å². The van der Waals surface area contributed by atoms with Gasteiger partial charge in [0.15, 0.2) is 0 Å². The standard InChI is InChI=1S/C17H21ClN2O/c18-16-8-4-7-15(11-16)17(12-19)20(9-10-21)13-14-5-2-1-3-6-14/h1-8,11,17,21H,9-10,12-13,19H2. The number of aliphatic hydroxyl groups excluding tert-OH is 1. The Labute approximate surface area is 131 Å². The van der Waals surface area contributed by atoms with Gasteiger partial charge in [-0.1, -0.05) is 54.1 Å². The molecule has 2 aromatic rings. The highest BCUT2D eigenvalue weighted by atomic mass is 35.5. The summed E-state index contributed by atoms with van der Waals surface area (Å²) in [7, 11) is 0. The molecule has 2 aromatic carbocycles. The first-order valence-corrected chi connectivity index (χ1v) is 7.46. The highest BCUT2D eigenvalue weighted by Gasteiger charge is 2.19. The Morgan fingerprint density at radius 1 is 1.10 bits per heavy atom. The molecule has 0 amide bonds. The molecule has 0 aliphatic carbocycles. The van der Waals surface area contributed by atoms with Gasteiger partial charge in [-0.15, -0.1) is 0 Å². The van der Waals surface area contributed by atoms with Gasteiger partial charge in [0.2, 0.25) is 0 Å². The maximum atomic E-state index is 9.35. The maximum absolute atomic E-state index is 9.35. The van der Waals surface area contributed by atoms with Crippen LogP contribution in [0.4, 0.5) is 0 Å². The van der Waals surface area contributed by atoms with E-state index < -0.39 is 0 Å². The highest BCUT2D eigenvalue weighted by Crippen LogP contribution is 2.24. The molecule has 0 saturated heterocycles. The zero-order valence-corrected chi connectivity index (χ0v) is 12.7. The summed E-state index contributed by atoms with van der Waals surface area (Å²) in [5, 5.41) is 10.1. The molecule has 0 saturated carbocycles. The fourth-order valence-electron chi connectivity index (χ4n) is 2.50. The molecular weight excluding hydrogens is 284 g/mol. The highest BCUT2D eigenvalue weighted by molar-refractivity contribution is 6.30. The lowest BCUT2D eigenvalue weighted by atomic mass is 10.0. The molecule has 0 radical (unpaired) electrons. The predicted octanol–water partition coefficient (Wildman–Crippen LogP) is 2.83. The molecule has 4 heteroatoms. The Balaban J connectivity index is 2.22. The van der Waals surface area contributed by atoms with E-state index in [-0.39, 0.29) is 12.6 Å². The SMILES string of the molecule is NCC(c1cccc(Cl)c1)N(CCO)Cc1ccccc1. The molecule has 112 valence electrons. The van der Waals surface area contributed by atoms with Gasteiger partial charge in [-0.2, -0.15) is 0 Å². The van der Waals surface area contributed by atoms with E-state index in [0.717, 1.165) is 12.1 Å². The minimum atomic E-state index is 0.0380. The van der Waals surface area contributed by atoms with E-state index in [0.29, 0.717) is 18.1 Å².